The maximum atomic E-state index is 13.2. The highest BCUT2D eigenvalue weighted by atomic mass is 19.1. The molecule has 21 heavy (non-hydrogen) atoms. The summed E-state index contributed by atoms with van der Waals surface area (Å²) in [5.41, 5.74) is 5.80. The van der Waals surface area contributed by atoms with Gasteiger partial charge in [-0.05, 0) is 69.5 Å². The van der Waals surface area contributed by atoms with E-state index in [4.69, 9.17) is 0 Å². The molecule has 0 saturated heterocycles. The molecule has 0 radical (unpaired) electrons. The van der Waals surface area contributed by atoms with E-state index < -0.39 is 0 Å². The van der Waals surface area contributed by atoms with Crippen LogP contribution in [0.15, 0.2) is 18.2 Å². The van der Waals surface area contributed by atoms with Gasteiger partial charge in [-0.25, -0.2) is 4.39 Å². The van der Waals surface area contributed by atoms with Crippen LogP contribution in [-0.4, -0.2) is 22.9 Å². The highest BCUT2D eigenvalue weighted by molar-refractivity contribution is 5.29. The summed E-state index contributed by atoms with van der Waals surface area (Å²) in [7, 11) is 3.95. The van der Waals surface area contributed by atoms with Crippen LogP contribution in [-0.2, 0) is 19.9 Å². The SMILES string of the molecule is CNC(Cc1ccc(F)cc1C)Cc1c(C)nn(C)c1C. The summed E-state index contributed by atoms with van der Waals surface area (Å²) in [6.45, 7) is 6.12. The van der Waals surface area contributed by atoms with E-state index in [0.29, 0.717) is 6.04 Å². The molecule has 0 fully saturated rings. The first kappa shape index (κ1) is 15.7. The van der Waals surface area contributed by atoms with Crippen molar-refractivity contribution >= 4 is 0 Å². The number of likely N-dealkylation sites (N-methyl/N-ethyl adjacent to an activating group) is 1. The van der Waals surface area contributed by atoms with Crippen LogP contribution in [0.3, 0.4) is 0 Å². The number of aryl methyl sites for hydroxylation is 3. The standard InChI is InChI=1S/C17H24FN3/c1-11-8-15(18)7-6-14(11)9-16(19-4)10-17-12(2)20-21(5)13(17)3/h6-8,16,19H,9-10H2,1-5H3. The zero-order chi connectivity index (χ0) is 15.6. The molecule has 3 nitrogen and oxygen atoms in total. The Kier molecular flexibility index (Phi) is 4.78. The zero-order valence-electron chi connectivity index (χ0n) is 13.5. The van der Waals surface area contributed by atoms with Crippen LogP contribution in [0.5, 0.6) is 0 Å². The van der Waals surface area contributed by atoms with Gasteiger partial charge in [0.15, 0.2) is 0 Å². The van der Waals surface area contributed by atoms with Crippen molar-refractivity contribution in [3.05, 3.63) is 52.1 Å². The number of hydrogen-bond acceptors (Lipinski definition) is 2. The molecule has 0 amide bonds. The van der Waals surface area contributed by atoms with E-state index in [-0.39, 0.29) is 5.82 Å². The normalized spacial score (nSPS) is 12.7. The van der Waals surface area contributed by atoms with Crippen molar-refractivity contribution in [1.82, 2.24) is 15.1 Å². The molecule has 114 valence electrons. The van der Waals surface area contributed by atoms with Crippen LogP contribution < -0.4 is 5.32 Å². The maximum Gasteiger partial charge on any atom is 0.123 e. The van der Waals surface area contributed by atoms with Crippen LogP contribution in [0, 0.1) is 26.6 Å². The monoisotopic (exact) mass is 289 g/mol. The van der Waals surface area contributed by atoms with Gasteiger partial charge in [0, 0.05) is 18.8 Å². The molecule has 2 rings (SSSR count). The second kappa shape index (κ2) is 6.39. The van der Waals surface area contributed by atoms with Crippen LogP contribution in [0.2, 0.25) is 0 Å². The third-order valence-corrected chi connectivity index (χ3v) is 4.29. The first-order chi connectivity index (χ1) is 9.92. The molecule has 1 atom stereocenters. The minimum absolute atomic E-state index is 0.170. The smallest absolute Gasteiger partial charge is 0.123 e. The lowest BCUT2D eigenvalue weighted by molar-refractivity contribution is 0.551. The third kappa shape index (κ3) is 3.50. The van der Waals surface area contributed by atoms with Crippen molar-refractivity contribution in [3.63, 3.8) is 0 Å². The predicted molar refractivity (Wildman–Crippen MR) is 84.1 cm³/mol. The quantitative estimate of drug-likeness (QED) is 0.917. The largest absolute Gasteiger partial charge is 0.316 e. The summed E-state index contributed by atoms with van der Waals surface area (Å²) >= 11 is 0. The number of aromatic nitrogens is 2. The molecule has 0 aliphatic rings. The summed E-state index contributed by atoms with van der Waals surface area (Å²) in [6.07, 6.45) is 1.81. The van der Waals surface area contributed by atoms with Gasteiger partial charge in [-0.2, -0.15) is 5.10 Å². The van der Waals surface area contributed by atoms with Crippen LogP contribution in [0.25, 0.3) is 0 Å². The minimum Gasteiger partial charge on any atom is -0.316 e. The summed E-state index contributed by atoms with van der Waals surface area (Å²) in [5.74, 6) is -0.170. The lowest BCUT2D eigenvalue weighted by Gasteiger charge is -2.18. The lowest BCUT2D eigenvalue weighted by Crippen LogP contribution is -2.30. The number of rotatable bonds is 5. The van der Waals surface area contributed by atoms with Gasteiger partial charge in [-0.3, -0.25) is 4.68 Å². The van der Waals surface area contributed by atoms with Gasteiger partial charge in [0.05, 0.1) is 5.69 Å². The molecule has 1 aromatic carbocycles. The van der Waals surface area contributed by atoms with Gasteiger partial charge >= 0.3 is 0 Å². The zero-order valence-corrected chi connectivity index (χ0v) is 13.5. The summed E-state index contributed by atoms with van der Waals surface area (Å²) in [5, 5.41) is 7.85. The van der Waals surface area contributed by atoms with Crippen molar-refractivity contribution in [3.8, 4) is 0 Å². The van der Waals surface area contributed by atoms with E-state index in [2.05, 4.69) is 24.3 Å². The first-order valence-corrected chi connectivity index (χ1v) is 7.33. The molecule has 1 unspecified atom stereocenters. The fourth-order valence-corrected chi connectivity index (χ4v) is 2.79. The summed E-state index contributed by atoms with van der Waals surface area (Å²) < 4.78 is 15.1. The van der Waals surface area contributed by atoms with Crippen molar-refractivity contribution in [2.45, 2.75) is 39.7 Å². The van der Waals surface area contributed by atoms with Gasteiger partial charge in [0.2, 0.25) is 0 Å². The molecule has 1 heterocycles. The molecule has 0 aliphatic heterocycles. The molecule has 4 heteroatoms. The van der Waals surface area contributed by atoms with Crippen LogP contribution >= 0.6 is 0 Å². The van der Waals surface area contributed by atoms with E-state index in [0.717, 1.165) is 24.1 Å². The second-order valence-electron chi connectivity index (χ2n) is 5.74. The molecular formula is C17H24FN3. The van der Waals surface area contributed by atoms with Gasteiger partial charge in [0.25, 0.3) is 0 Å². The highest BCUT2D eigenvalue weighted by Gasteiger charge is 2.16. The van der Waals surface area contributed by atoms with Crippen molar-refractivity contribution in [1.29, 1.82) is 0 Å². The number of nitrogens with one attached hydrogen (secondary N) is 1. The Morgan fingerprint density at radius 2 is 1.95 bits per heavy atom. The molecule has 1 N–H and O–H groups in total. The Hall–Kier alpha value is -1.68. The van der Waals surface area contributed by atoms with E-state index in [1.807, 2.05) is 31.8 Å². The topological polar surface area (TPSA) is 29.9 Å². The third-order valence-electron chi connectivity index (χ3n) is 4.29. The molecular weight excluding hydrogens is 265 g/mol. The van der Waals surface area contributed by atoms with Crippen molar-refractivity contribution < 1.29 is 4.39 Å². The van der Waals surface area contributed by atoms with E-state index >= 15 is 0 Å². The van der Waals surface area contributed by atoms with E-state index in [9.17, 15) is 4.39 Å². The Bertz CT molecular complexity index is 631. The summed E-state index contributed by atoms with van der Waals surface area (Å²) in [6, 6.07) is 5.34. The number of hydrogen-bond donors (Lipinski definition) is 1. The number of nitrogens with zero attached hydrogens (tertiary/aromatic N) is 2. The highest BCUT2D eigenvalue weighted by Crippen LogP contribution is 2.18. The fourth-order valence-electron chi connectivity index (χ4n) is 2.79. The molecule has 0 bridgehead atoms. The molecule has 0 aliphatic carbocycles. The van der Waals surface area contributed by atoms with Crippen LogP contribution in [0.4, 0.5) is 4.39 Å². The Morgan fingerprint density at radius 1 is 1.24 bits per heavy atom. The van der Waals surface area contributed by atoms with E-state index in [1.54, 1.807) is 6.07 Å². The fraction of sp³-hybridized carbons (Fsp3) is 0.471. The predicted octanol–water partition coefficient (Wildman–Crippen LogP) is 2.86. The Balaban J connectivity index is 2.17. The second-order valence-corrected chi connectivity index (χ2v) is 5.74. The lowest BCUT2D eigenvalue weighted by atomic mass is 9.95. The first-order valence-electron chi connectivity index (χ1n) is 7.33. The average molecular weight is 289 g/mol. The molecule has 0 saturated carbocycles. The van der Waals surface area contributed by atoms with Gasteiger partial charge in [-0.15, -0.1) is 0 Å². The van der Waals surface area contributed by atoms with Crippen molar-refractivity contribution in [2.24, 2.45) is 7.05 Å². The molecule has 2 aromatic rings. The number of halogens is 1. The Labute approximate surface area is 126 Å². The minimum atomic E-state index is -0.170. The van der Waals surface area contributed by atoms with Gasteiger partial charge in [-0.1, -0.05) is 6.07 Å². The summed E-state index contributed by atoms with van der Waals surface area (Å²) in [4.78, 5) is 0. The van der Waals surface area contributed by atoms with Gasteiger partial charge in [0.1, 0.15) is 5.82 Å². The Morgan fingerprint density at radius 3 is 2.48 bits per heavy atom. The van der Waals surface area contributed by atoms with Crippen LogP contribution in [0.1, 0.15) is 28.1 Å². The average Bonchev–Trinajstić information content (AvgIpc) is 2.67. The van der Waals surface area contributed by atoms with E-state index in [1.165, 1.54) is 22.9 Å². The molecule has 0 spiro atoms. The molecule has 1 aromatic heterocycles. The van der Waals surface area contributed by atoms with Gasteiger partial charge < -0.3 is 5.32 Å². The number of benzene rings is 1. The van der Waals surface area contributed by atoms with Crippen molar-refractivity contribution in [2.75, 3.05) is 7.05 Å². The maximum absolute atomic E-state index is 13.2.